The lowest BCUT2D eigenvalue weighted by Gasteiger charge is -2.32. The maximum absolute atomic E-state index is 5.92. The Bertz CT molecular complexity index is 557. The smallest absolute Gasteiger partial charge is 0.161 e. The minimum absolute atomic E-state index is 0.426. The summed E-state index contributed by atoms with van der Waals surface area (Å²) >= 11 is 0. The van der Waals surface area contributed by atoms with Crippen molar-refractivity contribution >= 4 is 5.69 Å². The number of ether oxygens (including phenoxy) is 1. The summed E-state index contributed by atoms with van der Waals surface area (Å²) in [6.07, 6.45) is 3.72. The lowest BCUT2D eigenvalue weighted by Crippen LogP contribution is -2.33. The van der Waals surface area contributed by atoms with Crippen LogP contribution in [0, 0.1) is 0 Å². The molecule has 1 aromatic carbocycles. The summed E-state index contributed by atoms with van der Waals surface area (Å²) in [5, 5.41) is 0. The van der Waals surface area contributed by atoms with E-state index in [0.29, 0.717) is 5.69 Å². The standard InChI is InChI=1S/C12H13N3O/c1-12(2)11-14-5-6-15(11)9-4-3-8(13)7-10(9)16-12/h3-7H,13H2,1-2H3. The van der Waals surface area contributed by atoms with Crippen molar-refractivity contribution in [2.45, 2.75) is 19.4 Å². The van der Waals surface area contributed by atoms with Gasteiger partial charge in [-0.05, 0) is 26.0 Å². The number of hydrogen-bond donors (Lipinski definition) is 1. The van der Waals surface area contributed by atoms with E-state index < -0.39 is 5.60 Å². The van der Waals surface area contributed by atoms with E-state index in [1.54, 1.807) is 6.20 Å². The lowest BCUT2D eigenvalue weighted by molar-refractivity contribution is 0.0874. The van der Waals surface area contributed by atoms with Crippen molar-refractivity contribution in [1.29, 1.82) is 0 Å². The Morgan fingerprint density at radius 1 is 1.38 bits per heavy atom. The summed E-state index contributed by atoms with van der Waals surface area (Å²) in [7, 11) is 0. The van der Waals surface area contributed by atoms with Crippen LogP contribution in [0.1, 0.15) is 19.7 Å². The second-order valence-electron chi connectivity index (χ2n) is 4.46. The van der Waals surface area contributed by atoms with Gasteiger partial charge >= 0.3 is 0 Å². The third-order valence-electron chi connectivity index (χ3n) is 2.79. The van der Waals surface area contributed by atoms with Gasteiger partial charge in [-0.25, -0.2) is 4.98 Å². The molecule has 82 valence electrons. The molecule has 0 atom stereocenters. The predicted molar refractivity (Wildman–Crippen MR) is 61.6 cm³/mol. The second kappa shape index (κ2) is 2.78. The molecule has 0 bridgehead atoms. The Labute approximate surface area is 93.7 Å². The molecule has 0 spiro atoms. The molecule has 1 aliphatic rings. The van der Waals surface area contributed by atoms with E-state index in [1.165, 1.54) is 0 Å². The SMILES string of the molecule is CC1(C)Oc2cc(N)ccc2-n2ccnc21. The van der Waals surface area contributed by atoms with Crippen molar-refractivity contribution in [3.8, 4) is 11.4 Å². The van der Waals surface area contributed by atoms with Crippen LogP contribution in [0.5, 0.6) is 5.75 Å². The Morgan fingerprint density at radius 2 is 2.19 bits per heavy atom. The monoisotopic (exact) mass is 215 g/mol. The van der Waals surface area contributed by atoms with E-state index >= 15 is 0 Å². The van der Waals surface area contributed by atoms with Crippen LogP contribution >= 0.6 is 0 Å². The number of hydrogen-bond acceptors (Lipinski definition) is 3. The third-order valence-corrected chi connectivity index (χ3v) is 2.79. The number of nitrogens with zero attached hydrogens (tertiary/aromatic N) is 2. The average Bonchev–Trinajstić information content (AvgIpc) is 2.65. The van der Waals surface area contributed by atoms with Crippen molar-refractivity contribution in [3.05, 3.63) is 36.4 Å². The third kappa shape index (κ3) is 1.13. The maximum Gasteiger partial charge on any atom is 0.161 e. The van der Waals surface area contributed by atoms with Crippen molar-refractivity contribution in [2.75, 3.05) is 5.73 Å². The molecule has 2 aromatic rings. The Morgan fingerprint density at radius 3 is 3.00 bits per heavy atom. The van der Waals surface area contributed by atoms with Crippen molar-refractivity contribution in [2.24, 2.45) is 0 Å². The van der Waals surface area contributed by atoms with Crippen LogP contribution in [0.25, 0.3) is 5.69 Å². The fraction of sp³-hybridized carbons (Fsp3) is 0.250. The summed E-state index contributed by atoms with van der Waals surface area (Å²) in [6.45, 7) is 4.00. The fourth-order valence-corrected chi connectivity index (χ4v) is 2.08. The van der Waals surface area contributed by atoms with E-state index in [0.717, 1.165) is 17.3 Å². The Hall–Kier alpha value is -1.97. The number of fused-ring (bicyclic) bond motifs is 3. The molecular formula is C12H13N3O. The number of rotatable bonds is 0. The molecule has 0 fully saturated rings. The number of nitrogens with two attached hydrogens (primary N) is 1. The van der Waals surface area contributed by atoms with E-state index in [2.05, 4.69) is 4.98 Å². The Kier molecular flexibility index (Phi) is 1.61. The molecule has 0 amide bonds. The molecule has 0 radical (unpaired) electrons. The summed E-state index contributed by atoms with van der Waals surface area (Å²) < 4.78 is 7.96. The second-order valence-corrected chi connectivity index (χ2v) is 4.46. The summed E-state index contributed by atoms with van der Waals surface area (Å²) in [5.74, 6) is 1.71. The molecule has 0 unspecified atom stereocenters. The highest BCUT2D eigenvalue weighted by molar-refractivity contribution is 5.58. The molecule has 0 saturated carbocycles. The van der Waals surface area contributed by atoms with Gasteiger partial charge in [0, 0.05) is 24.1 Å². The molecule has 1 aromatic heterocycles. The van der Waals surface area contributed by atoms with Crippen LogP contribution in [0.3, 0.4) is 0 Å². The first kappa shape index (κ1) is 9.27. The van der Waals surface area contributed by atoms with Crippen molar-refractivity contribution in [1.82, 2.24) is 9.55 Å². The van der Waals surface area contributed by atoms with Gasteiger partial charge in [-0.1, -0.05) is 0 Å². The molecule has 4 heteroatoms. The van der Waals surface area contributed by atoms with Crippen LogP contribution in [-0.2, 0) is 5.60 Å². The van der Waals surface area contributed by atoms with E-state index in [-0.39, 0.29) is 0 Å². The van der Waals surface area contributed by atoms with Crippen LogP contribution in [0.4, 0.5) is 5.69 Å². The molecule has 16 heavy (non-hydrogen) atoms. The topological polar surface area (TPSA) is 53.1 Å². The minimum Gasteiger partial charge on any atom is -0.478 e. The average molecular weight is 215 g/mol. The fourth-order valence-electron chi connectivity index (χ4n) is 2.08. The molecule has 2 heterocycles. The van der Waals surface area contributed by atoms with Gasteiger partial charge in [-0.15, -0.1) is 0 Å². The first-order valence-electron chi connectivity index (χ1n) is 5.21. The van der Waals surface area contributed by atoms with E-state index in [4.69, 9.17) is 10.5 Å². The van der Waals surface area contributed by atoms with Gasteiger partial charge in [-0.3, -0.25) is 4.57 Å². The quantitative estimate of drug-likeness (QED) is 0.684. The summed E-state index contributed by atoms with van der Waals surface area (Å²) in [4.78, 5) is 4.34. The van der Waals surface area contributed by atoms with Crippen molar-refractivity contribution < 1.29 is 4.74 Å². The van der Waals surface area contributed by atoms with Gasteiger partial charge in [0.25, 0.3) is 0 Å². The van der Waals surface area contributed by atoms with E-state index in [9.17, 15) is 0 Å². The van der Waals surface area contributed by atoms with Gasteiger partial charge in [0.05, 0.1) is 5.69 Å². The maximum atomic E-state index is 5.92. The molecule has 4 nitrogen and oxygen atoms in total. The number of anilines is 1. The zero-order valence-electron chi connectivity index (χ0n) is 9.27. The van der Waals surface area contributed by atoms with Crippen LogP contribution in [0.2, 0.25) is 0 Å². The highest BCUT2D eigenvalue weighted by Gasteiger charge is 2.33. The predicted octanol–water partition coefficient (Wildman–Crippen LogP) is 2.08. The van der Waals surface area contributed by atoms with E-state index in [1.807, 2.05) is 42.8 Å². The number of imidazole rings is 1. The van der Waals surface area contributed by atoms with Crippen LogP contribution in [0.15, 0.2) is 30.6 Å². The zero-order valence-corrected chi connectivity index (χ0v) is 9.27. The zero-order chi connectivity index (χ0) is 11.3. The highest BCUT2D eigenvalue weighted by atomic mass is 16.5. The number of nitrogen functional groups attached to an aromatic ring is 1. The molecule has 3 rings (SSSR count). The van der Waals surface area contributed by atoms with Gasteiger partial charge in [0.1, 0.15) is 5.75 Å². The summed E-state index contributed by atoms with van der Waals surface area (Å²) in [6, 6.07) is 5.66. The first-order valence-corrected chi connectivity index (χ1v) is 5.21. The molecular weight excluding hydrogens is 202 g/mol. The molecule has 1 aliphatic heterocycles. The summed E-state index contributed by atoms with van der Waals surface area (Å²) in [5.41, 5.74) is 7.03. The molecule has 0 saturated heterocycles. The van der Waals surface area contributed by atoms with Gasteiger partial charge in [0.2, 0.25) is 0 Å². The normalized spacial score (nSPS) is 16.1. The van der Waals surface area contributed by atoms with Gasteiger partial charge < -0.3 is 10.5 Å². The van der Waals surface area contributed by atoms with Gasteiger partial charge in [-0.2, -0.15) is 0 Å². The van der Waals surface area contributed by atoms with Crippen LogP contribution in [-0.4, -0.2) is 9.55 Å². The van der Waals surface area contributed by atoms with Crippen LogP contribution < -0.4 is 10.5 Å². The molecule has 2 N–H and O–H groups in total. The number of aromatic nitrogens is 2. The number of benzene rings is 1. The first-order chi connectivity index (χ1) is 7.58. The Balaban J connectivity index is 2.30. The lowest BCUT2D eigenvalue weighted by atomic mass is 10.1. The molecule has 0 aliphatic carbocycles. The van der Waals surface area contributed by atoms with Crippen molar-refractivity contribution in [3.63, 3.8) is 0 Å². The highest BCUT2D eigenvalue weighted by Crippen LogP contribution is 2.38. The van der Waals surface area contributed by atoms with Gasteiger partial charge in [0.15, 0.2) is 11.4 Å². The minimum atomic E-state index is -0.426. The largest absolute Gasteiger partial charge is 0.478 e.